The van der Waals surface area contributed by atoms with Crippen LogP contribution in [0.2, 0.25) is 0 Å². The van der Waals surface area contributed by atoms with Crippen molar-refractivity contribution in [3.05, 3.63) is 109 Å². The smallest absolute Gasteiger partial charge is 0.219 e. The summed E-state index contributed by atoms with van der Waals surface area (Å²) in [5.74, 6) is -0.437. The van der Waals surface area contributed by atoms with Crippen LogP contribution in [0, 0.1) is 5.82 Å². The predicted molar refractivity (Wildman–Crippen MR) is 146 cm³/mol. The largest absolute Gasteiger partial charge is 0.282 e. The Balaban J connectivity index is 1.70. The third-order valence-electron chi connectivity index (χ3n) is 5.44. The summed E-state index contributed by atoms with van der Waals surface area (Å²) < 4.78 is 14.8. The summed E-state index contributed by atoms with van der Waals surface area (Å²) in [5, 5.41) is 1.74. The highest BCUT2D eigenvalue weighted by atomic mass is 32.2. The second kappa shape index (κ2) is 10.5. The van der Waals surface area contributed by atoms with Gasteiger partial charge in [0.1, 0.15) is 5.82 Å². The number of fused-ring (bicyclic) bond motifs is 1. The zero-order valence-electron chi connectivity index (χ0n) is 19.4. The van der Waals surface area contributed by atoms with Gasteiger partial charge in [-0.2, -0.15) is 0 Å². The molecule has 0 fully saturated rings. The highest BCUT2D eigenvalue weighted by molar-refractivity contribution is 8.14. The van der Waals surface area contributed by atoms with Crippen LogP contribution < -0.4 is 0 Å². The number of carbonyl (C=O) groups excluding carboxylic acids is 2. The van der Waals surface area contributed by atoms with Crippen molar-refractivity contribution in [1.29, 1.82) is 0 Å². The SMILES string of the molecule is C=C(C)C(=O)Sc1ccc(-c2cccc3c(-c4ccc(SC(=O)C(=C)C)c(F)c4)cccc23)cc1. The van der Waals surface area contributed by atoms with Crippen LogP contribution in [0.4, 0.5) is 4.39 Å². The lowest BCUT2D eigenvalue weighted by atomic mass is 9.93. The van der Waals surface area contributed by atoms with Gasteiger partial charge in [0.2, 0.25) is 10.2 Å². The minimum atomic E-state index is -0.437. The second-order valence-electron chi connectivity index (χ2n) is 8.22. The van der Waals surface area contributed by atoms with Gasteiger partial charge in [-0.3, -0.25) is 9.59 Å². The molecule has 0 saturated heterocycles. The standard InChI is InChI=1S/C30H23FO2S2/c1-18(2)29(32)34-22-14-11-20(12-15-22)23-7-5-10-26-24(8-6-9-25(23)26)21-13-16-28(27(31)17-21)35-30(33)19(3)4/h5-17H,1,3H2,2,4H3. The first-order valence-electron chi connectivity index (χ1n) is 10.9. The Morgan fingerprint density at radius 1 is 0.686 bits per heavy atom. The molecule has 4 aromatic rings. The Morgan fingerprint density at radius 2 is 1.20 bits per heavy atom. The Kier molecular flexibility index (Phi) is 7.39. The average Bonchev–Trinajstić information content (AvgIpc) is 2.84. The van der Waals surface area contributed by atoms with E-state index in [-0.39, 0.29) is 15.1 Å². The van der Waals surface area contributed by atoms with Crippen LogP contribution in [0.3, 0.4) is 0 Å². The topological polar surface area (TPSA) is 34.1 Å². The van der Waals surface area contributed by atoms with Gasteiger partial charge >= 0.3 is 0 Å². The lowest BCUT2D eigenvalue weighted by Crippen LogP contribution is -1.93. The van der Waals surface area contributed by atoms with Crippen molar-refractivity contribution in [2.45, 2.75) is 23.6 Å². The monoisotopic (exact) mass is 498 g/mol. The van der Waals surface area contributed by atoms with E-state index in [1.165, 1.54) is 6.07 Å². The highest BCUT2D eigenvalue weighted by Crippen LogP contribution is 2.37. The molecule has 0 N–H and O–H groups in total. The van der Waals surface area contributed by atoms with Gasteiger partial charge in [0, 0.05) is 4.90 Å². The van der Waals surface area contributed by atoms with E-state index in [2.05, 4.69) is 19.2 Å². The van der Waals surface area contributed by atoms with Crippen molar-refractivity contribution in [2.75, 3.05) is 0 Å². The van der Waals surface area contributed by atoms with Gasteiger partial charge in [-0.15, -0.1) is 0 Å². The van der Waals surface area contributed by atoms with Crippen LogP contribution in [0.15, 0.2) is 113 Å². The quantitative estimate of drug-likeness (QED) is 0.197. The van der Waals surface area contributed by atoms with E-state index < -0.39 is 5.82 Å². The molecule has 0 spiro atoms. The molecular weight excluding hydrogens is 475 g/mol. The molecule has 0 aromatic heterocycles. The summed E-state index contributed by atoms with van der Waals surface area (Å²) in [6, 6.07) is 24.9. The van der Waals surface area contributed by atoms with Crippen LogP contribution in [0.1, 0.15) is 13.8 Å². The zero-order chi connectivity index (χ0) is 25.1. The number of rotatable bonds is 6. The van der Waals surface area contributed by atoms with Crippen molar-refractivity contribution < 1.29 is 14.0 Å². The van der Waals surface area contributed by atoms with E-state index in [1.807, 2.05) is 60.7 Å². The van der Waals surface area contributed by atoms with Gasteiger partial charge in [-0.1, -0.05) is 67.8 Å². The molecule has 0 aliphatic carbocycles. The van der Waals surface area contributed by atoms with Gasteiger partial charge in [0.15, 0.2) is 0 Å². The number of hydrogen-bond donors (Lipinski definition) is 0. The Labute approximate surface area is 213 Å². The van der Waals surface area contributed by atoms with Gasteiger partial charge in [0.25, 0.3) is 0 Å². The van der Waals surface area contributed by atoms with E-state index in [0.29, 0.717) is 11.1 Å². The first-order chi connectivity index (χ1) is 16.7. The fourth-order valence-corrected chi connectivity index (χ4v) is 4.98. The maximum atomic E-state index is 14.8. The van der Waals surface area contributed by atoms with Crippen molar-refractivity contribution >= 4 is 44.5 Å². The molecule has 5 heteroatoms. The molecular formula is C30H23FO2S2. The van der Waals surface area contributed by atoms with E-state index in [9.17, 15) is 14.0 Å². The van der Waals surface area contributed by atoms with E-state index in [1.54, 1.807) is 19.9 Å². The molecule has 0 bridgehead atoms. The van der Waals surface area contributed by atoms with Crippen molar-refractivity contribution in [1.82, 2.24) is 0 Å². The fraction of sp³-hybridized carbons (Fsp3) is 0.0667. The lowest BCUT2D eigenvalue weighted by Gasteiger charge is -2.12. The third kappa shape index (κ3) is 5.47. The molecule has 0 radical (unpaired) electrons. The molecule has 0 amide bonds. The first kappa shape index (κ1) is 24.7. The number of carbonyl (C=O) groups is 2. The number of benzene rings is 4. The van der Waals surface area contributed by atoms with E-state index in [4.69, 9.17) is 0 Å². The molecule has 0 atom stereocenters. The van der Waals surface area contributed by atoms with Crippen molar-refractivity contribution in [3.63, 3.8) is 0 Å². The summed E-state index contributed by atoms with van der Waals surface area (Å²) in [4.78, 5) is 25.0. The summed E-state index contributed by atoms with van der Waals surface area (Å²) in [6.07, 6.45) is 0. The summed E-state index contributed by atoms with van der Waals surface area (Å²) >= 11 is 2.02. The van der Waals surface area contributed by atoms with Gasteiger partial charge in [-0.05, 0) is 106 Å². The van der Waals surface area contributed by atoms with Gasteiger partial charge in [-0.25, -0.2) is 4.39 Å². The van der Waals surface area contributed by atoms with E-state index >= 15 is 0 Å². The van der Waals surface area contributed by atoms with Gasteiger partial charge in [0.05, 0.1) is 4.90 Å². The van der Waals surface area contributed by atoms with Crippen molar-refractivity contribution in [2.24, 2.45) is 0 Å². The third-order valence-corrected chi connectivity index (χ3v) is 7.57. The van der Waals surface area contributed by atoms with Crippen LogP contribution in [0.5, 0.6) is 0 Å². The molecule has 0 aliphatic heterocycles. The molecule has 4 aromatic carbocycles. The Hall–Kier alpha value is -3.41. The molecule has 35 heavy (non-hydrogen) atoms. The second-order valence-corrected chi connectivity index (χ2v) is 10.3. The molecule has 0 aliphatic rings. The molecule has 0 unspecified atom stereocenters. The summed E-state index contributed by atoms with van der Waals surface area (Å²) in [5.41, 5.74) is 4.62. The highest BCUT2D eigenvalue weighted by Gasteiger charge is 2.14. The average molecular weight is 499 g/mol. The minimum absolute atomic E-state index is 0.0480. The van der Waals surface area contributed by atoms with Crippen LogP contribution in [0.25, 0.3) is 33.0 Å². The fourth-order valence-electron chi connectivity index (χ4n) is 3.65. The van der Waals surface area contributed by atoms with E-state index in [0.717, 1.165) is 61.4 Å². The number of thioether (sulfide) groups is 2. The maximum absolute atomic E-state index is 14.8. The number of hydrogen-bond acceptors (Lipinski definition) is 4. The van der Waals surface area contributed by atoms with Crippen molar-refractivity contribution in [3.8, 4) is 22.3 Å². The maximum Gasteiger partial charge on any atom is 0.219 e. The lowest BCUT2D eigenvalue weighted by molar-refractivity contribution is -0.108. The van der Waals surface area contributed by atoms with Crippen LogP contribution in [-0.4, -0.2) is 10.2 Å². The normalized spacial score (nSPS) is 10.8. The Morgan fingerprint density at radius 3 is 1.74 bits per heavy atom. The van der Waals surface area contributed by atoms with Crippen LogP contribution >= 0.6 is 23.5 Å². The summed E-state index contributed by atoms with van der Waals surface area (Å²) in [6.45, 7) is 10.6. The molecule has 2 nitrogen and oxygen atoms in total. The number of halogens is 1. The molecule has 0 saturated carbocycles. The molecule has 174 valence electrons. The molecule has 0 heterocycles. The summed E-state index contributed by atoms with van der Waals surface area (Å²) in [7, 11) is 0. The first-order valence-corrected chi connectivity index (χ1v) is 12.6. The van der Waals surface area contributed by atoms with Gasteiger partial charge < -0.3 is 0 Å². The predicted octanol–water partition coefficient (Wildman–Crippen LogP) is 8.70. The van der Waals surface area contributed by atoms with Crippen LogP contribution in [-0.2, 0) is 9.59 Å². The Bertz CT molecular complexity index is 1490. The zero-order valence-corrected chi connectivity index (χ0v) is 21.1. The minimum Gasteiger partial charge on any atom is -0.282 e. The molecule has 4 rings (SSSR count).